The number of carbonyl (C=O) groups is 2. The second-order valence-corrected chi connectivity index (χ2v) is 7.03. The SMILES string of the molecule is COc1ccccc1NC(=O)CCC(=O)NN=Cc1ccc(OCc2ccc(F)cc2)cc1. The Kier molecular flexibility index (Phi) is 8.53. The summed E-state index contributed by atoms with van der Waals surface area (Å²) < 4.78 is 23.8. The molecule has 0 atom stereocenters. The molecular formula is C25H24FN3O4. The maximum atomic E-state index is 12.9. The number of amides is 2. The van der Waals surface area contributed by atoms with Crippen molar-refractivity contribution in [2.75, 3.05) is 12.4 Å². The molecule has 0 saturated carbocycles. The van der Waals surface area contributed by atoms with Gasteiger partial charge in [0.25, 0.3) is 0 Å². The Morgan fingerprint density at radius 1 is 0.939 bits per heavy atom. The van der Waals surface area contributed by atoms with Crippen molar-refractivity contribution in [2.45, 2.75) is 19.4 Å². The van der Waals surface area contributed by atoms with Gasteiger partial charge in [0, 0.05) is 12.8 Å². The van der Waals surface area contributed by atoms with Gasteiger partial charge in [0.05, 0.1) is 19.0 Å². The summed E-state index contributed by atoms with van der Waals surface area (Å²) in [4.78, 5) is 24.0. The summed E-state index contributed by atoms with van der Waals surface area (Å²) in [5.74, 6) is 0.245. The largest absolute Gasteiger partial charge is 0.495 e. The summed E-state index contributed by atoms with van der Waals surface area (Å²) >= 11 is 0. The Labute approximate surface area is 191 Å². The highest BCUT2D eigenvalue weighted by atomic mass is 19.1. The minimum absolute atomic E-state index is 0.00547. The molecule has 0 aliphatic heterocycles. The molecule has 33 heavy (non-hydrogen) atoms. The first kappa shape index (κ1) is 23.5. The van der Waals surface area contributed by atoms with E-state index in [1.807, 2.05) is 0 Å². The second kappa shape index (κ2) is 12.0. The van der Waals surface area contributed by atoms with E-state index in [0.717, 1.165) is 11.1 Å². The van der Waals surface area contributed by atoms with Gasteiger partial charge in [-0.3, -0.25) is 9.59 Å². The summed E-state index contributed by atoms with van der Waals surface area (Å²) in [6.07, 6.45) is 1.50. The van der Waals surface area contributed by atoms with E-state index in [0.29, 0.717) is 23.8 Å². The van der Waals surface area contributed by atoms with Crippen LogP contribution in [0.4, 0.5) is 10.1 Å². The number of ether oxygens (including phenoxy) is 2. The molecule has 2 amide bonds. The number of para-hydroxylation sites is 2. The molecule has 0 aliphatic carbocycles. The topological polar surface area (TPSA) is 89.0 Å². The van der Waals surface area contributed by atoms with Crippen LogP contribution in [0.25, 0.3) is 0 Å². The van der Waals surface area contributed by atoms with Crippen molar-refractivity contribution in [1.82, 2.24) is 5.43 Å². The number of halogens is 1. The van der Waals surface area contributed by atoms with Crippen LogP contribution in [-0.2, 0) is 16.2 Å². The number of hydrazone groups is 1. The lowest BCUT2D eigenvalue weighted by Crippen LogP contribution is -2.20. The molecule has 0 fully saturated rings. The standard InChI is InChI=1S/C25H24FN3O4/c1-32-23-5-3-2-4-22(23)28-24(30)14-15-25(31)29-27-16-18-8-12-21(13-9-18)33-17-19-6-10-20(26)11-7-19/h2-13,16H,14-15,17H2,1H3,(H,28,30)(H,29,31). The molecule has 3 aromatic rings. The fraction of sp³-hybridized carbons (Fsp3) is 0.160. The monoisotopic (exact) mass is 449 g/mol. The molecule has 0 bridgehead atoms. The van der Waals surface area contributed by atoms with Crippen molar-refractivity contribution >= 4 is 23.7 Å². The number of nitrogens with zero attached hydrogens (tertiary/aromatic N) is 1. The maximum absolute atomic E-state index is 12.9. The third-order valence-electron chi connectivity index (χ3n) is 4.56. The third kappa shape index (κ3) is 7.77. The molecular weight excluding hydrogens is 425 g/mol. The Balaban J connectivity index is 1.38. The Morgan fingerprint density at radius 3 is 2.36 bits per heavy atom. The first-order valence-corrected chi connectivity index (χ1v) is 10.3. The molecule has 0 aliphatic rings. The van der Waals surface area contributed by atoms with E-state index in [4.69, 9.17) is 9.47 Å². The van der Waals surface area contributed by atoms with Crippen LogP contribution in [0.1, 0.15) is 24.0 Å². The van der Waals surface area contributed by atoms with E-state index in [1.54, 1.807) is 60.7 Å². The van der Waals surface area contributed by atoms with Crippen molar-refractivity contribution in [3.63, 3.8) is 0 Å². The van der Waals surface area contributed by atoms with Crippen molar-refractivity contribution in [3.8, 4) is 11.5 Å². The number of rotatable bonds is 10. The van der Waals surface area contributed by atoms with Gasteiger partial charge in [0.15, 0.2) is 0 Å². The van der Waals surface area contributed by atoms with Crippen LogP contribution < -0.4 is 20.2 Å². The van der Waals surface area contributed by atoms with Crippen LogP contribution in [-0.4, -0.2) is 25.1 Å². The van der Waals surface area contributed by atoms with Crippen molar-refractivity contribution in [2.24, 2.45) is 5.10 Å². The zero-order valence-corrected chi connectivity index (χ0v) is 18.1. The van der Waals surface area contributed by atoms with Gasteiger partial charge in [-0.05, 0) is 59.7 Å². The van der Waals surface area contributed by atoms with Gasteiger partial charge >= 0.3 is 0 Å². The lowest BCUT2D eigenvalue weighted by Gasteiger charge is -2.09. The zero-order valence-electron chi connectivity index (χ0n) is 18.1. The number of carbonyl (C=O) groups excluding carboxylic acids is 2. The van der Waals surface area contributed by atoms with E-state index in [2.05, 4.69) is 15.8 Å². The third-order valence-corrected chi connectivity index (χ3v) is 4.56. The van der Waals surface area contributed by atoms with Crippen LogP contribution >= 0.6 is 0 Å². The average Bonchev–Trinajstić information content (AvgIpc) is 2.83. The molecule has 7 nitrogen and oxygen atoms in total. The molecule has 8 heteroatoms. The highest BCUT2D eigenvalue weighted by Crippen LogP contribution is 2.23. The number of hydrogen-bond donors (Lipinski definition) is 2. The summed E-state index contributed by atoms with van der Waals surface area (Å²) in [5.41, 5.74) is 4.58. The highest BCUT2D eigenvalue weighted by molar-refractivity contribution is 5.94. The van der Waals surface area contributed by atoms with Gasteiger partial charge in [0.2, 0.25) is 11.8 Å². The molecule has 0 radical (unpaired) electrons. The number of methoxy groups -OCH3 is 1. The summed E-state index contributed by atoms with van der Waals surface area (Å²) in [5, 5.41) is 6.63. The maximum Gasteiger partial charge on any atom is 0.240 e. The second-order valence-electron chi connectivity index (χ2n) is 7.03. The van der Waals surface area contributed by atoms with Gasteiger partial charge in [-0.1, -0.05) is 24.3 Å². The van der Waals surface area contributed by atoms with Crippen LogP contribution in [0.15, 0.2) is 77.9 Å². The smallest absolute Gasteiger partial charge is 0.240 e. The zero-order chi connectivity index (χ0) is 23.5. The van der Waals surface area contributed by atoms with Crippen LogP contribution in [0, 0.1) is 5.82 Å². The minimum Gasteiger partial charge on any atom is -0.495 e. The molecule has 2 N–H and O–H groups in total. The first-order chi connectivity index (χ1) is 16.0. The Hall–Kier alpha value is -4.20. The van der Waals surface area contributed by atoms with E-state index in [9.17, 15) is 14.0 Å². The Bertz CT molecular complexity index is 1100. The van der Waals surface area contributed by atoms with Gasteiger partial charge in [-0.2, -0.15) is 5.10 Å². The molecule has 0 aromatic heterocycles. The molecule has 0 spiro atoms. The first-order valence-electron chi connectivity index (χ1n) is 10.3. The quantitative estimate of drug-likeness (QED) is 0.357. The summed E-state index contributed by atoms with van der Waals surface area (Å²) in [6, 6.07) is 20.3. The predicted octanol–water partition coefficient (Wildman–Crippen LogP) is 4.28. The van der Waals surface area contributed by atoms with Gasteiger partial charge in [-0.25, -0.2) is 9.82 Å². The molecule has 0 unspecified atom stereocenters. The number of anilines is 1. The number of benzene rings is 3. The van der Waals surface area contributed by atoms with Gasteiger partial charge in [0.1, 0.15) is 23.9 Å². The highest BCUT2D eigenvalue weighted by Gasteiger charge is 2.09. The lowest BCUT2D eigenvalue weighted by molar-refractivity contribution is -0.124. The van der Waals surface area contributed by atoms with Gasteiger partial charge in [-0.15, -0.1) is 0 Å². The fourth-order valence-corrected chi connectivity index (χ4v) is 2.82. The molecule has 0 saturated heterocycles. The summed E-state index contributed by atoms with van der Waals surface area (Å²) in [7, 11) is 1.52. The fourth-order valence-electron chi connectivity index (χ4n) is 2.82. The average molecular weight is 449 g/mol. The Morgan fingerprint density at radius 2 is 1.64 bits per heavy atom. The van der Waals surface area contributed by atoms with E-state index in [-0.39, 0.29) is 30.5 Å². The summed E-state index contributed by atoms with van der Waals surface area (Å²) in [6.45, 7) is 0.328. The lowest BCUT2D eigenvalue weighted by atomic mass is 10.2. The minimum atomic E-state index is -0.374. The molecule has 0 heterocycles. The van der Waals surface area contributed by atoms with Crippen molar-refractivity contribution in [3.05, 3.63) is 89.7 Å². The molecule has 170 valence electrons. The van der Waals surface area contributed by atoms with Crippen LogP contribution in [0.3, 0.4) is 0 Å². The van der Waals surface area contributed by atoms with Crippen LogP contribution in [0.2, 0.25) is 0 Å². The van der Waals surface area contributed by atoms with Crippen molar-refractivity contribution in [1.29, 1.82) is 0 Å². The normalized spacial score (nSPS) is 10.6. The van der Waals surface area contributed by atoms with Crippen LogP contribution in [0.5, 0.6) is 11.5 Å². The van der Waals surface area contributed by atoms with Gasteiger partial charge < -0.3 is 14.8 Å². The number of hydrogen-bond acceptors (Lipinski definition) is 5. The van der Waals surface area contributed by atoms with E-state index >= 15 is 0 Å². The number of nitrogens with one attached hydrogen (secondary N) is 2. The van der Waals surface area contributed by atoms with E-state index in [1.165, 1.54) is 25.5 Å². The predicted molar refractivity (Wildman–Crippen MR) is 124 cm³/mol. The van der Waals surface area contributed by atoms with Crippen molar-refractivity contribution < 1.29 is 23.5 Å². The molecule has 3 aromatic carbocycles. The van der Waals surface area contributed by atoms with E-state index < -0.39 is 0 Å². The molecule has 3 rings (SSSR count).